The molecule has 0 spiro atoms. The molecule has 0 aliphatic carbocycles. The summed E-state index contributed by atoms with van der Waals surface area (Å²) >= 11 is 0. The molecule has 0 heterocycles. The van der Waals surface area contributed by atoms with E-state index in [4.69, 9.17) is 37.0 Å². The maximum atomic E-state index is 13.1. The minimum atomic E-state index is -4.96. The Morgan fingerprint density at radius 3 is 0.734 bits per heavy atom. The van der Waals surface area contributed by atoms with Crippen molar-refractivity contribution in [1.29, 1.82) is 0 Å². The number of esters is 4. The van der Waals surface area contributed by atoms with Gasteiger partial charge in [-0.25, -0.2) is 9.13 Å². The maximum Gasteiger partial charge on any atom is 0.472 e. The first kappa shape index (κ1) is 91.5. The number of rotatable bonds is 74. The SMILES string of the molecule is CCCCCCCC/C=C\CCCCCCCC(=O)OCC(COP(=O)(O)OCC(O)COP(=O)(O)OCC(COC(=O)CCCCCCCCCCCCCCC)OC(=O)CCCCCCCCCCCCC)OC(=O)CCCCCCC/C=C\CCCCCCCC. The van der Waals surface area contributed by atoms with E-state index < -0.39 is 97.5 Å². The molecule has 0 aromatic carbocycles. The van der Waals surface area contributed by atoms with E-state index in [1.165, 1.54) is 173 Å². The van der Waals surface area contributed by atoms with Crippen molar-refractivity contribution in [3.05, 3.63) is 24.3 Å². The zero-order valence-corrected chi connectivity index (χ0v) is 62.2. The van der Waals surface area contributed by atoms with Crippen LogP contribution in [0, 0.1) is 0 Å². The molecule has 554 valence electrons. The summed E-state index contributed by atoms with van der Waals surface area (Å²) in [5, 5.41) is 10.6. The van der Waals surface area contributed by atoms with Gasteiger partial charge >= 0.3 is 39.5 Å². The fourth-order valence-electron chi connectivity index (χ4n) is 11.0. The van der Waals surface area contributed by atoms with Crippen LogP contribution in [0.3, 0.4) is 0 Å². The Labute approximate surface area is 573 Å². The molecule has 19 heteroatoms. The van der Waals surface area contributed by atoms with E-state index >= 15 is 0 Å². The van der Waals surface area contributed by atoms with Crippen molar-refractivity contribution in [2.24, 2.45) is 0 Å². The fourth-order valence-corrected chi connectivity index (χ4v) is 12.6. The second kappa shape index (κ2) is 69.0. The number of ether oxygens (including phenoxy) is 4. The summed E-state index contributed by atoms with van der Waals surface area (Å²) in [6, 6.07) is 0. The first-order valence-corrected chi connectivity index (χ1v) is 41.6. The van der Waals surface area contributed by atoms with E-state index in [0.717, 1.165) is 122 Å². The fraction of sp³-hybridized carbons (Fsp3) is 0.893. The van der Waals surface area contributed by atoms with Gasteiger partial charge in [0.25, 0.3) is 0 Å². The second-order valence-electron chi connectivity index (χ2n) is 26.3. The highest BCUT2D eigenvalue weighted by atomic mass is 31.2. The number of unbranched alkanes of at least 4 members (excludes halogenated alkanes) is 44. The maximum absolute atomic E-state index is 13.1. The predicted octanol–water partition coefficient (Wildman–Crippen LogP) is 21.8. The minimum absolute atomic E-state index is 0.0910. The standard InChI is InChI=1S/C75H142O17P2/c1-5-9-13-17-21-25-29-32-34-37-41-44-48-52-56-60-73(78)86-66-71(92-75(80)62-58-54-50-46-42-38-35-33-30-26-22-18-14-10-6-2)68-90-94(83,84)88-64-69(76)63-87-93(81,82)89-67-70(91-74(79)61-57-53-49-45-39-28-24-20-16-12-8-4)65-85-72(77)59-55-51-47-43-40-36-31-27-23-19-15-11-7-3/h32-35,69-71,76H,5-31,36-68H2,1-4H3,(H,81,82)(H,83,84)/b34-32-,35-33-. The van der Waals surface area contributed by atoms with Crippen LogP contribution in [0.4, 0.5) is 0 Å². The molecule has 0 aromatic heterocycles. The lowest BCUT2D eigenvalue weighted by Gasteiger charge is -2.21. The van der Waals surface area contributed by atoms with Gasteiger partial charge < -0.3 is 33.8 Å². The van der Waals surface area contributed by atoms with Crippen LogP contribution >= 0.6 is 15.6 Å². The summed E-state index contributed by atoms with van der Waals surface area (Å²) in [5.41, 5.74) is 0. The molecule has 5 unspecified atom stereocenters. The molecule has 0 aliphatic heterocycles. The van der Waals surface area contributed by atoms with E-state index in [0.29, 0.717) is 25.7 Å². The number of aliphatic hydroxyl groups excluding tert-OH is 1. The minimum Gasteiger partial charge on any atom is -0.462 e. The highest BCUT2D eigenvalue weighted by Crippen LogP contribution is 2.45. The Morgan fingerprint density at radius 1 is 0.287 bits per heavy atom. The lowest BCUT2D eigenvalue weighted by Crippen LogP contribution is -2.30. The highest BCUT2D eigenvalue weighted by Gasteiger charge is 2.30. The van der Waals surface area contributed by atoms with E-state index in [1.807, 2.05) is 0 Å². The van der Waals surface area contributed by atoms with Gasteiger partial charge in [0, 0.05) is 25.7 Å². The Balaban J connectivity index is 5.28. The third-order valence-electron chi connectivity index (χ3n) is 16.9. The summed E-state index contributed by atoms with van der Waals surface area (Å²) < 4.78 is 68.4. The van der Waals surface area contributed by atoms with Gasteiger partial charge in [0.05, 0.1) is 26.4 Å². The molecule has 0 saturated carbocycles. The van der Waals surface area contributed by atoms with Crippen LogP contribution < -0.4 is 0 Å². The van der Waals surface area contributed by atoms with Crippen molar-refractivity contribution in [2.75, 3.05) is 39.6 Å². The summed E-state index contributed by atoms with van der Waals surface area (Å²) in [5.74, 6) is -2.15. The normalized spacial score (nSPS) is 14.1. The van der Waals surface area contributed by atoms with Crippen LogP contribution in [0.15, 0.2) is 24.3 Å². The van der Waals surface area contributed by atoms with Gasteiger partial charge in [0.1, 0.15) is 19.3 Å². The van der Waals surface area contributed by atoms with Crippen molar-refractivity contribution < 1.29 is 80.2 Å². The molecule has 0 radical (unpaired) electrons. The summed E-state index contributed by atoms with van der Waals surface area (Å²) in [6.07, 6.45) is 61.6. The molecule has 3 N–H and O–H groups in total. The van der Waals surface area contributed by atoms with Gasteiger partial charge in [0.15, 0.2) is 12.2 Å². The molecule has 0 rings (SSSR count). The second-order valence-corrected chi connectivity index (χ2v) is 29.2. The molecule has 0 amide bonds. The van der Waals surface area contributed by atoms with Crippen LogP contribution in [0.1, 0.15) is 374 Å². The third kappa shape index (κ3) is 68.1. The van der Waals surface area contributed by atoms with Crippen LogP contribution in [-0.2, 0) is 65.4 Å². The van der Waals surface area contributed by atoms with E-state index in [1.54, 1.807) is 0 Å². The molecule has 5 atom stereocenters. The number of carbonyl (C=O) groups excluding carboxylic acids is 4. The third-order valence-corrected chi connectivity index (χ3v) is 18.8. The molecule has 94 heavy (non-hydrogen) atoms. The van der Waals surface area contributed by atoms with Gasteiger partial charge in [-0.05, 0) is 77.0 Å². The number of aliphatic hydroxyl groups is 1. The molecule has 0 aromatic rings. The number of phosphoric ester groups is 2. The highest BCUT2D eigenvalue weighted by molar-refractivity contribution is 7.47. The summed E-state index contributed by atoms with van der Waals surface area (Å²) in [6.45, 7) is 4.92. The molecular weight excluding hydrogens is 1230 g/mol. The first-order valence-electron chi connectivity index (χ1n) is 38.6. The average molecular weight is 1380 g/mol. The van der Waals surface area contributed by atoms with Crippen LogP contribution in [-0.4, -0.2) is 96.7 Å². The van der Waals surface area contributed by atoms with Gasteiger partial charge in [-0.2, -0.15) is 0 Å². The quantitative estimate of drug-likeness (QED) is 0.0169. The van der Waals surface area contributed by atoms with Crippen molar-refractivity contribution in [3.8, 4) is 0 Å². The van der Waals surface area contributed by atoms with Crippen molar-refractivity contribution in [2.45, 2.75) is 393 Å². The van der Waals surface area contributed by atoms with Crippen molar-refractivity contribution in [1.82, 2.24) is 0 Å². The Hall–Kier alpha value is -2.46. The smallest absolute Gasteiger partial charge is 0.462 e. The molecule has 0 aliphatic rings. The van der Waals surface area contributed by atoms with E-state index in [9.17, 15) is 43.2 Å². The van der Waals surface area contributed by atoms with Crippen LogP contribution in [0.2, 0.25) is 0 Å². The number of hydrogen-bond acceptors (Lipinski definition) is 15. The lowest BCUT2D eigenvalue weighted by molar-refractivity contribution is -0.161. The van der Waals surface area contributed by atoms with Gasteiger partial charge in [0.2, 0.25) is 0 Å². The monoisotopic (exact) mass is 1380 g/mol. The summed E-state index contributed by atoms with van der Waals surface area (Å²) in [4.78, 5) is 72.7. The molecule has 17 nitrogen and oxygen atoms in total. The zero-order chi connectivity index (χ0) is 69.0. The van der Waals surface area contributed by atoms with Gasteiger partial charge in [-0.15, -0.1) is 0 Å². The van der Waals surface area contributed by atoms with Gasteiger partial charge in [-0.3, -0.25) is 37.3 Å². The molecule has 0 bridgehead atoms. The molecule has 0 fully saturated rings. The predicted molar refractivity (Wildman–Crippen MR) is 381 cm³/mol. The Morgan fingerprint density at radius 2 is 0.489 bits per heavy atom. The lowest BCUT2D eigenvalue weighted by atomic mass is 10.0. The van der Waals surface area contributed by atoms with E-state index in [-0.39, 0.29) is 25.7 Å². The number of phosphoric acid groups is 2. The number of hydrogen-bond donors (Lipinski definition) is 3. The van der Waals surface area contributed by atoms with Crippen molar-refractivity contribution >= 4 is 39.5 Å². The Bertz CT molecular complexity index is 1880. The average Bonchev–Trinajstić information content (AvgIpc) is 1.36. The topological polar surface area (TPSA) is 237 Å². The van der Waals surface area contributed by atoms with Gasteiger partial charge in [-0.1, -0.05) is 296 Å². The first-order chi connectivity index (χ1) is 45.7. The van der Waals surface area contributed by atoms with Crippen LogP contribution in [0.5, 0.6) is 0 Å². The molecular formula is C75H142O17P2. The van der Waals surface area contributed by atoms with E-state index in [2.05, 4.69) is 52.0 Å². The summed E-state index contributed by atoms with van der Waals surface area (Å²) in [7, 11) is -9.92. The number of carbonyl (C=O) groups is 4. The van der Waals surface area contributed by atoms with Crippen LogP contribution in [0.25, 0.3) is 0 Å². The zero-order valence-electron chi connectivity index (χ0n) is 60.4. The molecule has 0 saturated heterocycles. The number of allylic oxidation sites excluding steroid dienone is 4. The Kier molecular flexibility index (Phi) is 67.2. The van der Waals surface area contributed by atoms with Crippen molar-refractivity contribution in [3.63, 3.8) is 0 Å². The largest absolute Gasteiger partial charge is 0.472 e.